The van der Waals surface area contributed by atoms with E-state index in [1.54, 1.807) is 13.1 Å². The van der Waals surface area contributed by atoms with Crippen LogP contribution in [-0.2, 0) is 27.3 Å². The Hall–Kier alpha value is -2.45. The zero-order valence-corrected chi connectivity index (χ0v) is 20.1. The van der Waals surface area contributed by atoms with E-state index in [1.807, 2.05) is 21.8 Å². The average Bonchev–Trinajstić information content (AvgIpc) is 3.41. The second kappa shape index (κ2) is 8.40. The normalized spacial score (nSPS) is 25.6. The Kier molecular flexibility index (Phi) is 5.69. The van der Waals surface area contributed by atoms with Gasteiger partial charge in [0.25, 0.3) is 0 Å². The van der Waals surface area contributed by atoms with E-state index in [9.17, 15) is 9.59 Å². The van der Waals surface area contributed by atoms with Gasteiger partial charge in [0.05, 0.1) is 24.4 Å². The maximum Gasteiger partial charge on any atom is 0.225 e. The predicted molar refractivity (Wildman–Crippen MR) is 125 cm³/mol. The standard InChI is InChI=1S/C24H30ClN5O3/c1-14(31)29-9-16-12-33-11-15(19(16)10-29)4-23(32)28-22-5-17(20(25)8-26-22)18-7-27-30-13-24(2,3)6-21(18)30/h5,7-8,15-16,19H,4,6,9-13H2,1-3H3,(H,26,28,32)/t15-,16+,19-/m1/s1. The summed E-state index contributed by atoms with van der Waals surface area (Å²) >= 11 is 6.49. The zero-order valence-electron chi connectivity index (χ0n) is 19.3. The van der Waals surface area contributed by atoms with Crippen molar-refractivity contribution in [3.05, 3.63) is 29.2 Å². The number of likely N-dealkylation sites (tertiary alicyclic amines) is 1. The highest BCUT2D eigenvalue weighted by Gasteiger charge is 2.42. The van der Waals surface area contributed by atoms with Crippen LogP contribution < -0.4 is 5.32 Å². The lowest BCUT2D eigenvalue weighted by atomic mass is 9.81. The van der Waals surface area contributed by atoms with E-state index >= 15 is 0 Å². The molecular weight excluding hydrogens is 442 g/mol. The molecule has 176 valence electrons. The van der Waals surface area contributed by atoms with Gasteiger partial charge in [0.15, 0.2) is 0 Å². The lowest BCUT2D eigenvalue weighted by molar-refractivity contribution is -0.128. The predicted octanol–water partition coefficient (Wildman–Crippen LogP) is 3.25. The molecule has 0 spiro atoms. The van der Waals surface area contributed by atoms with Gasteiger partial charge in [0.2, 0.25) is 11.8 Å². The number of carbonyl (C=O) groups is 2. The Bertz CT molecular complexity index is 1100. The van der Waals surface area contributed by atoms with Crippen LogP contribution in [0.2, 0.25) is 5.02 Å². The molecule has 2 aromatic rings. The van der Waals surface area contributed by atoms with Crippen molar-refractivity contribution in [2.45, 2.75) is 40.2 Å². The van der Waals surface area contributed by atoms with Crippen LogP contribution in [0.5, 0.6) is 0 Å². The van der Waals surface area contributed by atoms with Crippen LogP contribution in [0.15, 0.2) is 18.5 Å². The molecule has 33 heavy (non-hydrogen) atoms. The third-order valence-electron chi connectivity index (χ3n) is 7.24. The summed E-state index contributed by atoms with van der Waals surface area (Å²) in [4.78, 5) is 30.9. The third kappa shape index (κ3) is 4.38. The lowest BCUT2D eigenvalue weighted by Gasteiger charge is -2.32. The molecule has 5 heterocycles. The van der Waals surface area contributed by atoms with Crippen LogP contribution in [0.1, 0.15) is 32.9 Å². The topological polar surface area (TPSA) is 89.4 Å². The van der Waals surface area contributed by atoms with Crippen LogP contribution >= 0.6 is 11.6 Å². The first-order chi connectivity index (χ1) is 15.7. The molecule has 5 rings (SSSR count). The van der Waals surface area contributed by atoms with Crippen molar-refractivity contribution in [3.63, 3.8) is 0 Å². The number of fused-ring (bicyclic) bond motifs is 2. The molecule has 0 aromatic carbocycles. The summed E-state index contributed by atoms with van der Waals surface area (Å²) in [6.07, 6.45) is 4.68. The number of hydrogen-bond acceptors (Lipinski definition) is 5. The summed E-state index contributed by atoms with van der Waals surface area (Å²) in [5.74, 6) is 1.13. The molecule has 0 radical (unpaired) electrons. The summed E-state index contributed by atoms with van der Waals surface area (Å²) in [5, 5.41) is 8.01. The molecule has 3 aliphatic heterocycles. The molecule has 0 unspecified atom stereocenters. The molecular formula is C24H30ClN5O3. The fourth-order valence-corrected chi connectivity index (χ4v) is 5.79. The SMILES string of the molecule is CC(=O)N1C[C@H]2COC[C@@H](CC(=O)Nc3cc(-c4cnn5c4CC(C)(C)C5)c(Cl)cn3)[C@H]2C1. The van der Waals surface area contributed by atoms with Gasteiger partial charge in [-0.2, -0.15) is 5.10 Å². The lowest BCUT2D eigenvalue weighted by Crippen LogP contribution is -2.37. The smallest absolute Gasteiger partial charge is 0.225 e. The van der Waals surface area contributed by atoms with E-state index in [1.165, 1.54) is 0 Å². The van der Waals surface area contributed by atoms with Crippen molar-refractivity contribution in [2.24, 2.45) is 23.2 Å². The Balaban J connectivity index is 1.29. The van der Waals surface area contributed by atoms with Crippen molar-refractivity contribution >= 4 is 29.2 Å². The van der Waals surface area contributed by atoms with Crippen LogP contribution in [-0.4, -0.2) is 57.8 Å². The molecule has 2 saturated heterocycles. The number of carbonyl (C=O) groups excluding carboxylic acids is 2. The number of nitrogens with one attached hydrogen (secondary N) is 1. The number of hydrogen-bond donors (Lipinski definition) is 1. The molecule has 2 fully saturated rings. The van der Waals surface area contributed by atoms with Crippen molar-refractivity contribution in [1.29, 1.82) is 0 Å². The summed E-state index contributed by atoms with van der Waals surface area (Å²) in [5.41, 5.74) is 3.14. The van der Waals surface area contributed by atoms with Crippen molar-refractivity contribution in [3.8, 4) is 11.1 Å². The van der Waals surface area contributed by atoms with Crippen molar-refractivity contribution < 1.29 is 14.3 Å². The maximum atomic E-state index is 12.9. The number of nitrogens with zero attached hydrogens (tertiary/aromatic N) is 4. The van der Waals surface area contributed by atoms with E-state index in [-0.39, 0.29) is 23.1 Å². The van der Waals surface area contributed by atoms with Gasteiger partial charge < -0.3 is 15.0 Å². The van der Waals surface area contributed by atoms with Crippen molar-refractivity contribution in [2.75, 3.05) is 31.6 Å². The summed E-state index contributed by atoms with van der Waals surface area (Å²) < 4.78 is 7.80. The first-order valence-corrected chi connectivity index (χ1v) is 11.9. The Morgan fingerprint density at radius 3 is 2.85 bits per heavy atom. The molecule has 8 nitrogen and oxygen atoms in total. The van der Waals surface area contributed by atoms with E-state index in [2.05, 4.69) is 29.2 Å². The number of anilines is 1. The minimum atomic E-state index is -0.104. The van der Waals surface area contributed by atoms with Crippen LogP contribution in [0.4, 0.5) is 5.82 Å². The van der Waals surface area contributed by atoms with Gasteiger partial charge in [-0.1, -0.05) is 25.4 Å². The number of aromatic nitrogens is 3. The monoisotopic (exact) mass is 471 g/mol. The van der Waals surface area contributed by atoms with Gasteiger partial charge in [0.1, 0.15) is 5.82 Å². The highest BCUT2D eigenvalue weighted by atomic mass is 35.5. The molecule has 3 atom stereocenters. The van der Waals surface area contributed by atoms with E-state index in [0.717, 1.165) is 29.8 Å². The fourth-order valence-electron chi connectivity index (χ4n) is 5.59. The number of ether oxygens (including phenoxy) is 1. The molecule has 2 aromatic heterocycles. The number of rotatable bonds is 4. The van der Waals surface area contributed by atoms with Gasteiger partial charge in [-0.3, -0.25) is 14.3 Å². The average molecular weight is 472 g/mol. The minimum absolute atomic E-state index is 0.0838. The Labute approximate surface area is 198 Å². The second-order valence-corrected chi connectivity index (χ2v) is 10.9. The van der Waals surface area contributed by atoms with Gasteiger partial charge in [-0.25, -0.2) is 4.98 Å². The first-order valence-electron chi connectivity index (χ1n) is 11.5. The molecule has 2 amide bonds. The highest BCUT2D eigenvalue weighted by Crippen LogP contribution is 2.40. The molecule has 1 N–H and O–H groups in total. The highest BCUT2D eigenvalue weighted by molar-refractivity contribution is 6.33. The number of amides is 2. The van der Waals surface area contributed by atoms with Crippen LogP contribution in [0.3, 0.4) is 0 Å². The first kappa shape index (κ1) is 22.3. The van der Waals surface area contributed by atoms with Crippen LogP contribution in [0, 0.1) is 23.2 Å². The Morgan fingerprint density at radius 2 is 2.06 bits per heavy atom. The second-order valence-electron chi connectivity index (χ2n) is 10.5. The van der Waals surface area contributed by atoms with Crippen molar-refractivity contribution in [1.82, 2.24) is 19.7 Å². The van der Waals surface area contributed by atoms with E-state index in [0.29, 0.717) is 55.4 Å². The molecule has 3 aliphatic rings. The Morgan fingerprint density at radius 1 is 1.24 bits per heavy atom. The number of pyridine rings is 1. The van der Waals surface area contributed by atoms with E-state index < -0.39 is 0 Å². The molecule has 9 heteroatoms. The third-order valence-corrected chi connectivity index (χ3v) is 7.54. The minimum Gasteiger partial charge on any atom is -0.381 e. The summed E-state index contributed by atoms with van der Waals surface area (Å²) in [6, 6.07) is 1.83. The summed E-state index contributed by atoms with van der Waals surface area (Å²) in [6.45, 7) is 9.54. The van der Waals surface area contributed by atoms with Gasteiger partial charge in [-0.05, 0) is 29.7 Å². The van der Waals surface area contributed by atoms with Crippen LogP contribution in [0.25, 0.3) is 11.1 Å². The van der Waals surface area contributed by atoms with Gasteiger partial charge in [-0.15, -0.1) is 0 Å². The zero-order chi connectivity index (χ0) is 23.3. The molecule has 0 aliphatic carbocycles. The fraction of sp³-hybridized carbons (Fsp3) is 0.583. The number of halogens is 1. The quantitative estimate of drug-likeness (QED) is 0.739. The van der Waals surface area contributed by atoms with Gasteiger partial charge in [0, 0.05) is 61.9 Å². The maximum absolute atomic E-state index is 12.9. The summed E-state index contributed by atoms with van der Waals surface area (Å²) in [7, 11) is 0. The van der Waals surface area contributed by atoms with Gasteiger partial charge >= 0.3 is 0 Å². The molecule has 0 saturated carbocycles. The largest absolute Gasteiger partial charge is 0.381 e. The van der Waals surface area contributed by atoms with E-state index in [4.69, 9.17) is 16.3 Å². The molecule has 0 bridgehead atoms.